The fraction of sp³-hybridized carbons (Fsp3) is 0.714. The average Bonchev–Trinajstić information content (AvgIpc) is 2.30. The highest BCUT2D eigenvalue weighted by molar-refractivity contribution is 6.08. The maximum atomic E-state index is 5.68. The Morgan fingerprint density at radius 1 is 0.933 bits per heavy atom. The average molecular weight is 200 g/mol. The molecule has 80 valence electrons. The van der Waals surface area contributed by atoms with Gasteiger partial charge in [0.15, 0.2) is 0 Å². The summed E-state index contributed by atoms with van der Waals surface area (Å²) < 4.78 is 0. The monoisotopic (exact) mass is 200 g/mol. The van der Waals surface area contributed by atoms with Gasteiger partial charge in [-0.1, -0.05) is 37.5 Å². The summed E-state index contributed by atoms with van der Waals surface area (Å²) in [6.45, 7) is 2.31. The summed E-state index contributed by atoms with van der Waals surface area (Å²) in [5.41, 5.74) is 0. The molecule has 0 N–H and O–H groups in total. The minimum absolute atomic E-state index is 0.646. The van der Waals surface area contributed by atoms with Gasteiger partial charge >= 0.3 is 0 Å². The molecule has 0 aromatic heterocycles. The molecule has 0 fully saturated rings. The summed E-state index contributed by atoms with van der Waals surface area (Å²) in [5.74, 6) is 3.03. The van der Waals surface area contributed by atoms with Gasteiger partial charge in [-0.25, -0.2) is 0 Å². The van der Waals surface area contributed by atoms with Gasteiger partial charge in [0.25, 0.3) is 0 Å². The third kappa shape index (κ3) is 2.77. The molecule has 0 spiro atoms. The zero-order chi connectivity index (χ0) is 10.7. The highest BCUT2D eigenvalue weighted by Gasteiger charge is 2.23. The van der Waals surface area contributed by atoms with E-state index in [1.54, 1.807) is 0 Å². The highest BCUT2D eigenvalue weighted by Crippen LogP contribution is 2.35. The quantitative estimate of drug-likeness (QED) is 0.470. The summed E-state index contributed by atoms with van der Waals surface area (Å²) in [5, 5.41) is 0. The Kier molecular flexibility index (Phi) is 3.72. The van der Waals surface area contributed by atoms with Crippen LogP contribution in [-0.4, -0.2) is 7.85 Å². The maximum Gasteiger partial charge on any atom is 0.0660 e. The standard InChI is InChI=1S/C14H21B/c1-11-2-6-13(7-3-11)14-8-4-12(10-15)5-9-14/h2,4,6,8,11-14H,3,5,7,9-10H2,1H3/t11-,12+,13+,14-/m0/s1. The molecule has 0 heterocycles. The van der Waals surface area contributed by atoms with Crippen LogP contribution in [0.25, 0.3) is 0 Å². The Bertz CT molecular complexity index is 254. The minimum atomic E-state index is 0.646. The van der Waals surface area contributed by atoms with Crippen LogP contribution in [-0.2, 0) is 0 Å². The van der Waals surface area contributed by atoms with Crippen molar-refractivity contribution >= 4 is 7.85 Å². The lowest BCUT2D eigenvalue weighted by Crippen LogP contribution is -2.19. The van der Waals surface area contributed by atoms with Crippen molar-refractivity contribution in [2.45, 2.75) is 38.9 Å². The van der Waals surface area contributed by atoms with E-state index in [4.69, 9.17) is 7.85 Å². The van der Waals surface area contributed by atoms with Gasteiger partial charge in [-0.15, -0.1) is 0 Å². The van der Waals surface area contributed by atoms with Crippen molar-refractivity contribution in [1.82, 2.24) is 0 Å². The van der Waals surface area contributed by atoms with Crippen LogP contribution in [0.5, 0.6) is 0 Å². The molecule has 0 aliphatic heterocycles. The Morgan fingerprint density at radius 2 is 1.60 bits per heavy atom. The summed E-state index contributed by atoms with van der Waals surface area (Å²) in [4.78, 5) is 0. The normalized spacial score (nSPS) is 40.6. The second kappa shape index (κ2) is 5.05. The zero-order valence-corrected chi connectivity index (χ0v) is 9.73. The molecule has 2 rings (SSSR count). The van der Waals surface area contributed by atoms with Crippen molar-refractivity contribution in [3.05, 3.63) is 24.3 Å². The van der Waals surface area contributed by atoms with E-state index < -0.39 is 0 Å². The molecular formula is C14H21B. The van der Waals surface area contributed by atoms with Crippen LogP contribution in [0.3, 0.4) is 0 Å². The van der Waals surface area contributed by atoms with E-state index in [0.29, 0.717) is 5.92 Å². The molecule has 0 bridgehead atoms. The predicted octanol–water partition coefficient (Wildman–Crippen LogP) is 3.76. The second-order valence-electron chi connectivity index (χ2n) is 5.23. The van der Waals surface area contributed by atoms with Crippen LogP contribution >= 0.6 is 0 Å². The van der Waals surface area contributed by atoms with E-state index in [-0.39, 0.29) is 0 Å². The summed E-state index contributed by atoms with van der Waals surface area (Å²) in [6, 6.07) is 0. The molecule has 0 saturated carbocycles. The SMILES string of the molecule is [B]C[C@@H]1C=C[C@H]([C@@H]2C=C[C@H](C)CC2)CC1. The van der Waals surface area contributed by atoms with E-state index in [1.807, 2.05) is 0 Å². The van der Waals surface area contributed by atoms with Gasteiger partial charge in [0, 0.05) is 0 Å². The Hall–Kier alpha value is -0.455. The molecule has 0 aromatic carbocycles. The largest absolute Gasteiger partial charge is 0.0859 e. The molecule has 2 radical (unpaired) electrons. The molecule has 0 saturated heterocycles. The first-order valence-corrected chi connectivity index (χ1v) is 6.36. The Balaban J connectivity index is 1.93. The molecule has 15 heavy (non-hydrogen) atoms. The molecule has 0 unspecified atom stereocenters. The van der Waals surface area contributed by atoms with Crippen molar-refractivity contribution in [2.24, 2.45) is 23.7 Å². The lowest BCUT2D eigenvalue weighted by atomic mass is 9.74. The topological polar surface area (TPSA) is 0 Å². The van der Waals surface area contributed by atoms with Crippen molar-refractivity contribution in [3.63, 3.8) is 0 Å². The fourth-order valence-corrected chi connectivity index (χ4v) is 2.79. The molecule has 4 atom stereocenters. The van der Waals surface area contributed by atoms with Gasteiger partial charge in [-0.3, -0.25) is 0 Å². The van der Waals surface area contributed by atoms with Crippen molar-refractivity contribution < 1.29 is 0 Å². The van der Waals surface area contributed by atoms with Crippen LogP contribution in [0, 0.1) is 23.7 Å². The molecule has 1 heteroatoms. The van der Waals surface area contributed by atoms with Gasteiger partial charge in [-0.05, 0) is 49.4 Å². The van der Waals surface area contributed by atoms with E-state index in [9.17, 15) is 0 Å². The maximum absolute atomic E-state index is 5.68. The Morgan fingerprint density at radius 3 is 2.07 bits per heavy atom. The molecule has 0 aromatic rings. The van der Waals surface area contributed by atoms with Gasteiger partial charge in [-0.2, -0.15) is 0 Å². The number of hydrogen-bond donors (Lipinski definition) is 0. The van der Waals surface area contributed by atoms with Gasteiger partial charge in [0.2, 0.25) is 0 Å². The van der Waals surface area contributed by atoms with Crippen molar-refractivity contribution in [2.75, 3.05) is 0 Å². The van der Waals surface area contributed by atoms with Crippen LogP contribution in [0.2, 0.25) is 6.32 Å². The first kappa shape index (κ1) is 11.0. The first-order valence-electron chi connectivity index (χ1n) is 6.36. The van der Waals surface area contributed by atoms with E-state index in [1.165, 1.54) is 25.7 Å². The molecule has 2 aliphatic carbocycles. The summed E-state index contributed by atoms with van der Waals surface area (Å²) in [7, 11) is 5.68. The molecule has 0 nitrogen and oxygen atoms in total. The highest BCUT2D eigenvalue weighted by atomic mass is 14.3. The lowest BCUT2D eigenvalue weighted by molar-refractivity contribution is 0.344. The zero-order valence-electron chi connectivity index (χ0n) is 9.73. The molecule has 2 aliphatic rings. The predicted molar refractivity (Wildman–Crippen MR) is 66.9 cm³/mol. The van der Waals surface area contributed by atoms with E-state index in [0.717, 1.165) is 24.1 Å². The number of rotatable bonds is 2. The smallest absolute Gasteiger partial charge is 0.0660 e. The van der Waals surface area contributed by atoms with Crippen LogP contribution < -0.4 is 0 Å². The minimum Gasteiger partial charge on any atom is -0.0859 e. The number of hydrogen-bond acceptors (Lipinski definition) is 0. The van der Waals surface area contributed by atoms with Crippen LogP contribution in [0.4, 0.5) is 0 Å². The Labute approximate surface area is 95.2 Å². The van der Waals surface area contributed by atoms with Crippen molar-refractivity contribution in [3.8, 4) is 0 Å². The van der Waals surface area contributed by atoms with Gasteiger partial charge in [0.1, 0.15) is 0 Å². The lowest BCUT2D eigenvalue weighted by Gasteiger charge is -2.30. The molecular weight excluding hydrogens is 179 g/mol. The van der Waals surface area contributed by atoms with Gasteiger partial charge in [0.05, 0.1) is 7.85 Å². The fourth-order valence-electron chi connectivity index (χ4n) is 2.79. The summed E-state index contributed by atoms with van der Waals surface area (Å²) >= 11 is 0. The van der Waals surface area contributed by atoms with Crippen LogP contribution in [0.1, 0.15) is 32.6 Å². The van der Waals surface area contributed by atoms with Gasteiger partial charge < -0.3 is 0 Å². The number of allylic oxidation sites excluding steroid dienone is 4. The van der Waals surface area contributed by atoms with E-state index in [2.05, 4.69) is 31.2 Å². The van der Waals surface area contributed by atoms with Crippen LogP contribution in [0.15, 0.2) is 24.3 Å². The first-order chi connectivity index (χ1) is 7.29. The third-order valence-electron chi connectivity index (χ3n) is 4.00. The third-order valence-corrected chi connectivity index (χ3v) is 4.00. The van der Waals surface area contributed by atoms with Crippen molar-refractivity contribution in [1.29, 1.82) is 0 Å². The van der Waals surface area contributed by atoms with E-state index >= 15 is 0 Å². The molecule has 0 amide bonds. The summed E-state index contributed by atoms with van der Waals surface area (Å²) in [6.07, 6.45) is 15.8. The second-order valence-corrected chi connectivity index (χ2v) is 5.23.